The van der Waals surface area contributed by atoms with Crippen LogP contribution >= 0.6 is 0 Å². The van der Waals surface area contributed by atoms with Gasteiger partial charge in [0.15, 0.2) is 0 Å². The van der Waals surface area contributed by atoms with E-state index in [-0.39, 0.29) is 0 Å². The Bertz CT molecular complexity index is 458. The number of primary amides is 1. The van der Waals surface area contributed by atoms with Crippen molar-refractivity contribution in [2.24, 2.45) is 5.73 Å². The van der Waals surface area contributed by atoms with Crippen LogP contribution in [0.25, 0.3) is 0 Å². The van der Waals surface area contributed by atoms with Crippen molar-refractivity contribution in [3.8, 4) is 0 Å². The standard InChI is InChI=1S/C12H19F3N4O/c1-11(17-2,10(16)20)5-3-4-6-19-8-9(7-18-19)12(13,14)15/h7-8,17H,3-6H2,1-2H3,(H2,16,20). The van der Waals surface area contributed by atoms with Crippen LogP contribution in [0.3, 0.4) is 0 Å². The van der Waals surface area contributed by atoms with Crippen molar-refractivity contribution in [2.75, 3.05) is 7.05 Å². The minimum absolute atomic E-state index is 0.370. The molecule has 0 saturated carbocycles. The average molecular weight is 292 g/mol. The van der Waals surface area contributed by atoms with Crippen molar-refractivity contribution in [3.63, 3.8) is 0 Å². The summed E-state index contributed by atoms with van der Waals surface area (Å²) < 4.78 is 38.4. The largest absolute Gasteiger partial charge is 0.419 e. The van der Waals surface area contributed by atoms with Gasteiger partial charge in [0.1, 0.15) is 0 Å². The van der Waals surface area contributed by atoms with E-state index in [0.29, 0.717) is 25.8 Å². The Morgan fingerprint density at radius 3 is 2.55 bits per heavy atom. The summed E-state index contributed by atoms with van der Waals surface area (Å²) in [6, 6.07) is 0. The number of carbonyl (C=O) groups excluding carboxylic acids is 1. The maximum absolute atomic E-state index is 12.4. The third-order valence-electron chi connectivity index (χ3n) is 3.37. The number of nitrogens with one attached hydrogen (secondary N) is 1. The minimum atomic E-state index is -4.37. The lowest BCUT2D eigenvalue weighted by Crippen LogP contribution is -2.51. The van der Waals surface area contributed by atoms with Gasteiger partial charge in [0, 0.05) is 12.7 Å². The van der Waals surface area contributed by atoms with Gasteiger partial charge in [-0.05, 0) is 33.2 Å². The zero-order valence-electron chi connectivity index (χ0n) is 11.5. The summed E-state index contributed by atoms with van der Waals surface area (Å²) >= 11 is 0. The topological polar surface area (TPSA) is 72.9 Å². The second-order valence-corrected chi connectivity index (χ2v) is 4.89. The third kappa shape index (κ3) is 4.22. The number of hydrogen-bond donors (Lipinski definition) is 2. The predicted octanol–water partition coefficient (Wildman–Crippen LogP) is 1.54. The Labute approximate surface area is 115 Å². The Kier molecular flexibility index (Phi) is 5.15. The van der Waals surface area contributed by atoms with Crippen molar-refractivity contribution < 1.29 is 18.0 Å². The molecule has 0 bridgehead atoms. The minimum Gasteiger partial charge on any atom is -0.368 e. The number of rotatable bonds is 7. The number of nitrogens with zero attached hydrogens (tertiary/aromatic N) is 2. The summed E-state index contributed by atoms with van der Waals surface area (Å²) in [6.45, 7) is 2.07. The number of aromatic nitrogens is 2. The van der Waals surface area contributed by atoms with Crippen LogP contribution in [0, 0.1) is 0 Å². The van der Waals surface area contributed by atoms with Crippen molar-refractivity contribution in [1.82, 2.24) is 15.1 Å². The normalized spacial score (nSPS) is 15.1. The molecule has 114 valence electrons. The molecule has 0 radical (unpaired) electrons. The zero-order chi connectivity index (χ0) is 15.4. The van der Waals surface area contributed by atoms with Gasteiger partial charge in [0.25, 0.3) is 0 Å². The first kappa shape index (κ1) is 16.5. The van der Waals surface area contributed by atoms with Crippen molar-refractivity contribution in [1.29, 1.82) is 0 Å². The Morgan fingerprint density at radius 2 is 2.10 bits per heavy atom. The summed E-state index contributed by atoms with van der Waals surface area (Å²) in [5, 5.41) is 6.52. The molecule has 20 heavy (non-hydrogen) atoms. The number of carbonyl (C=O) groups is 1. The monoisotopic (exact) mass is 292 g/mol. The number of unbranched alkanes of at least 4 members (excludes halogenated alkanes) is 1. The summed E-state index contributed by atoms with van der Waals surface area (Å²) in [7, 11) is 1.65. The van der Waals surface area contributed by atoms with Crippen LogP contribution in [0.5, 0.6) is 0 Å². The molecule has 1 amide bonds. The van der Waals surface area contributed by atoms with Gasteiger partial charge in [0.2, 0.25) is 5.91 Å². The number of hydrogen-bond acceptors (Lipinski definition) is 3. The molecule has 0 aliphatic heterocycles. The lowest BCUT2D eigenvalue weighted by Gasteiger charge is -2.25. The molecule has 0 aliphatic carbocycles. The molecular weight excluding hydrogens is 273 g/mol. The lowest BCUT2D eigenvalue weighted by molar-refractivity contribution is -0.137. The number of halogens is 3. The van der Waals surface area contributed by atoms with Gasteiger partial charge in [-0.3, -0.25) is 9.48 Å². The van der Waals surface area contributed by atoms with E-state index in [9.17, 15) is 18.0 Å². The maximum Gasteiger partial charge on any atom is 0.419 e. The quantitative estimate of drug-likeness (QED) is 0.749. The highest BCUT2D eigenvalue weighted by Gasteiger charge is 2.32. The first-order valence-electron chi connectivity index (χ1n) is 6.27. The highest BCUT2D eigenvalue weighted by atomic mass is 19.4. The number of nitrogens with two attached hydrogens (primary N) is 1. The molecule has 1 aromatic heterocycles. The molecule has 0 aliphatic rings. The molecule has 5 nitrogen and oxygen atoms in total. The molecule has 1 atom stereocenters. The van der Waals surface area contributed by atoms with Gasteiger partial charge in [0.05, 0.1) is 17.3 Å². The second kappa shape index (κ2) is 6.25. The maximum atomic E-state index is 12.4. The van der Waals surface area contributed by atoms with E-state index in [1.807, 2.05) is 0 Å². The van der Waals surface area contributed by atoms with E-state index in [1.165, 1.54) is 4.68 Å². The summed E-state index contributed by atoms with van der Waals surface area (Å²) in [5.41, 5.74) is 3.74. The molecule has 1 aromatic rings. The lowest BCUT2D eigenvalue weighted by atomic mass is 9.94. The number of likely N-dealkylation sites (N-methyl/N-ethyl adjacent to an activating group) is 1. The average Bonchev–Trinajstić information content (AvgIpc) is 2.82. The van der Waals surface area contributed by atoms with Gasteiger partial charge in [-0.25, -0.2) is 0 Å². The van der Waals surface area contributed by atoms with E-state index < -0.39 is 23.2 Å². The first-order valence-corrected chi connectivity index (χ1v) is 6.27. The van der Waals surface area contributed by atoms with Crippen LogP contribution in [-0.2, 0) is 17.5 Å². The molecule has 1 heterocycles. The summed E-state index contributed by atoms with van der Waals surface area (Å²) in [6.07, 6.45) is -0.793. The molecule has 0 fully saturated rings. The molecule has 1 rings (SSSR count). The van der Waals surface area contributed by atoms with Gasteiger partial charge < -0.3 is 11.1 Å². The fourth-order valence-corrected chi connectivity index (χ4v) is 1.76. The number of alkyl halides is 3. The van der Waals surface area contributed by atoms with E-state index in [2.05, 4.69) is 10.4 Å². The van der Waals surface area contributed by atoms with Gasteiger partial charge in [-0.2, -0.15) is 18.3 Å². The molecule has 8 heteroatoms. The fourth-order valence-electron chi connectivity index (χ4n) is 1.76. The van der Waals surface area contributed by atoms with E-state index >= 15 is 0 Å². The molecule has 0 saturated heterocycles. The number of aryl methyl sites for hydroxylation is 1. The number of amides is 1. The molecule has 3 N–H and O–H groups in total. The molecule has 0 spiro atoms. The summed E-state index contributed by atoms with van der Waals surface area (Å²) in [5.74, 6) is -0.446. The smallest absolute Gasteiger partial charge is 0.368 e. The second-order valence-electron chi connectivity index (χ2n) is 4.89. The van der Waals surface area contributed by atoms with Gasteiger partial charge in [-0.15, -0.1) is 0 Å². The third-order valence-corrected chi connectivity index (χ3v) is 3.37. The fraction of sp³-hybridized carbons (Fsp3) is 0.667. The molecule has 0 aromatic carbocycles. The van der Waals surface area contributed by atoms with Crippen LogP contribution in [0.4, 0.5) is 13.2 Å². The Morgan fingerprint density at radius 1 is 1.45 bits per heavy atom. The highest BCUT2D eigenvalue weighted by Crippen LogP contribution is 2.28. The Hall–Kier alpha value is -1.57. The summed E-state index contributed by atoms with van der Waals surface area (Å²) in [4.78, 5) is 11.2. The van der Waals surface area contributed by atoms with Crippen LogP contribution in [0.15, 0.2) is 12.4 Å². The van der Waals surface area contributed by atoms with Crippen LogP contribution in [0.1, 0.15) is 31.7 Å². The molecular formula is C12H19F3N4O. The van der Waals surface area contributed by atoms with E-state index in [0.717, 1.165) is 12.4 Å². The van der Waals surface area contributed by atoms with Crippen LogP contribution < -0.4 is 11.1 Å². The van der Waals surface area contributed by atoms with Crippen molar-refractivity contribution >= 4 is 5.91 Å². The van der Waals surface area contributed by atoms with Crippen LogP contribution in [0.2, 0.25) is 0 Å². The SMILES string of the molecule is CNC(C)(CCCCn1cc(C(F)(F)F)cn1)C(N)=O. The first-order chi connectivity index (χ1) is 9.19. The predicted molar refractivity (Wildman–Crippen MR) is 67.7 cm³/mol. The van der Waals surface area contributed by atoms with Crippen molar-refractivity contribution in [2.45, 2.75) is 44.4 Å². The van der Waals surface area contributed by atoms with Gasteiger partial charge in [-0.1, -0.05) is 0 Å². The van der Waals surface area contributed by atoms with E-state index in [4.69, 9.17) is 5.73 Å². The Balaban J connectivity index is 2.42. The highest BCUT2D eigenvalue weighted by molar-refractivity contribution is 5.84. The van der Waals surface area contributed by atoms with E-state index in [1.54, 1.807) is 14.0 Å². The zero-order valence-corrected chi connectivity index (χ0v) is 11.5. The van der Waals surface area contributed by atoms with Crippen LogP contribution in [-0.4, -0.2) is 28.3 Å². The molecule has 1 unspecified atom stereocenters. The van der Waals surface area contributed by atoms with Crippen molar-refractivity contribution in [3.05, 3.63) is 18.0 Å². The van der Waals surface area contributed by atoms with Gasteiger partial charge >= 0.3 is 6.18 Å².